The van der Waals surface area contributed by atoms with Crippen LogP contribution in [0.15, 0.2) is 12.3 Å². The molecule has 0 saturated carbocycles. The second kappa shape index (κ2) is 4.52. The van der Waals surface area contributed by atoms with Crippen LogP contribution in [0.2, 0.25) is 0 Å². The Hall–Kier alpha value is -1.69. The van der Waals surface area contributed by atoms with Gasteiger partial charge < -0.3 is 25.0 Å². The standard InChI is InChI=1S/C5H9N2O6P/c1-3(2)11-14(10,12-4(6)8)13-5(7)9/h1H2,2H3,(H2,6,8)(H2,7,9). The van der Waals surface area contributed by atoms with Crippen molar-refractivity contribution in [3.63, 3.8) is 0 Å². The summed E-state index contributed by atoms with van der Waals surface area (Å²) in [4.78, 5) is 20.5. The SMILES string of the molecule is C=C(C)OP(=O)(OC(N)=O)OC(N)=O. The van der Waals surface area contributed by atoms with Crippen LogP contribution in [0.3, 0.4) is 0 Å². The van der Waals surface area contributed by atoms with E-state index in [1.54, 1.807) is 0 Å². The van der Waals surface area contributed by atoms with E-state index in [4.69, 9.17) is 0 Å². The lowest BCUT2D eigenvalue weighted by atomic mass is 10.7. The molecule has 0 aromatic carbocycles. The quantitative estimate of drug-likeness (QED) is 0.537. The Labute approximate surface area is 79.4 Å². The summed E-state index contributed by atoms with van der Waals surface area (Å²) >= 11 is 0. The highest BCUT2D eigenvalue weighted by Crippen LogP contribution is 2.50. The second-order valence-electron chi connectivity index (χ2n) is 2.06. The summed E-state index contributed by atoms with van der Waals surface area (Å²) in [6.45, 7) is 4.49. The smallest absolute Gasteiger partial charge is 0.391 e. The zero-order chi connectivity index (χ0) is 11.4. The average Bonchev–Trinajstić information content (AvgIpc) is 1.76. The summed E-state index contributed by atoms with van der Waals surface area (Å²) in [5.74, 6) is -0.101. The van der Waals surface area contributed by atoms with Crippen molar-refractivity contribution in [1.29, 1.82) is 0 Å². The summed E-state index contributed by atoms with van der Waals surface area (Å²) in [7, 11) is -4.44. The predicted molar refractivity (Wildman–Crippen MR) is 44.8 cm³/mol. The molecule has 0 atom stereocenters. The van der Waals surface area contributed by atoms with Gasteiger partial charge in [0, 0.05) is 0 Å². The molecular formula is C5H9N2O6P. The zero-order valence-corrected chi connectivity index (χ0v) is 8.15. The number of allylic oxidation sites excluding steroid dienone is 1. The number of carbonyl (C=O) groups is 2. The highest BCUT2D eigenvalue weighted by molar-refractivity contribution is 7.49. The first-order valence-electron chi connectivity index (χ1n) is 3.18. The van der Waals surface area contributed by atoms with Crippen LogP contribution in [0.5, 0.6) is 0 Å². The molecule has 8 nitrogen and oxygen atoms in total. The van der Waals surface area contributed by atoms with Gasteiger partial charge in [0.1, 0.15) is 5.76 Å². The molecule has 0 saturated heterocycles. The lowest BCUT2D eigenvalue weighted by Gasteiger charge is -2.14. The monoisotopic (exact) mass is 224 g/mol. The zero-order valence-electron chi connectivity index (χ0n) is 7.26. The van der Waals surface area contributed by atoms with Crippen LogP contribution in [-0.2, 0) is 18.1 Å². The first kappa shape index (κ1) is 12.3. The molecule has 0 aliphatic heterocycles. The molecule has 0 spiro atoms. The number of rotatable bonds is 4. The maximum absolute atomic E-state index is 11.3. The fraction of sp³-hybridized carbons (Fsp3) is 0.200. The van der Waals surface area contributed by atoms with Crippen molar-refractivity contribution in [2.45, 2.75) is 6.92 Å². The molecule has 80 valence electrons. The number of hydrogen-bond acceptors (Lipinski definition) is 6. The van der Waals surface area contributed by atoms with Crippen molar-refractivity contribution in [3.05, 3.63) is 12.3 Å². The molecule has 0 aromatic rings. The Kier molecular flexibility index (Phi) is 3.97. The molecule has 0 heterocycles. The van der Waals surface area contributed by atoms with Gasteiger partial charge in [-0.3, -0.25) is 0 Å². The fourth-order valence-corrected chi connectivity index (χ4v) is 1.40. The molecule has 0 aromatic heterocycles. The van der Waals surface area contributed by atoms with Crippen molar-refractivity contribution >= 4 is 20.0 Å². The third kappa shape index (κ3) is 5.04. The van der Waals surface area contributed by atoms with Crippen LogP contribution in [-0.4, -0.2) is 12.2 Å². The summed E-state index contributed by atoms with van der Waals surface area (Å²) in [6, 6.07) is 0. The average molecular weight is 224 g/mol. The van der Waals surface area contributed by atoms with E-state index in [9.17, 15) is 14.2 Å². The second-order valence-corrected chi connectivity index (χ2v) is 3.50. The molecule has 0 radical (unpaired) electrons. The minimum absolute atomic E-state index is 0.101. The lowest BCUT2D eigenvalue weighted by Crippen LogP contribution is -2.18. The number of hydrogen-bond donors (Lipinski definition) is 2. The molecule has 0 aliphatic rings. The summed E-state index contributed by atoms with van der Waals surface area (Å²) < 4.78 is 23.6. The Bertz CT molecular complexity index is 266. The number of amides is 2. The van der Waals surface area contributed by atoms with Crippen molar-refractivity contribution in [1.82, 2.24) is 0 Å². The van der Waals surface area contributed by atoms with Gasteiger partial charge in [-0.15, -0.1) is 0 Å². The minimum atomic E-state index is -4.44. The van der Waals surface area contributed by atoms with Crippen LogP contribution >= 0.6 is 7.82 Å². The van der Waals surface area contributed by atoms with Gasteiger partial charge >= 0.3 is 20.0 Å². The topological polar surface area (TPSA) is 131 Å². The van der Waals surface area contributed by atoms with Gasteiger partial charge in [-0.25, -0.2) is 9.59 Å². The highest BCUT2D eigenvalue weighted by atomic mass is 31.2. The largest absolute Gasteiger partial charge is 0.653 e. The van der Waals surface area contributed by atoms with E-state index >= 15 is 0 Å². The van der Waals surface area contributed by atoms with Crippen LogP contribution in [0.25, 0.3) is 0 Å². The maximum atomic E-state index is 11.3. The van der Waals surface area contributed by atoms with E-state index in [0.717, 1.165) is 0 Å². The molecule has 14 heavy (non-hydrogen) atoms. The Morgan fingerprint density at radius 1 is 1.14 bits per heavy atom. The van der Waals surface area contributed by atoms with Crippen molar-refractivity contribution in [2.75, 3.05) is 0 Å². The number of primary amides is 2. The fourth-order valence-electron chi connectivity index (χ4n) is 0.467. The molecule has 9 heteroatoms. The van der Waals surface area contributed by atoms with Crippen molar-refractivity contribution in [2.24, 2.45) is 11.5 Å². The van der Waals surface area contributed by atoms with Crippen molar-refractivity contribution in [3.8, 4) is 0 Å². The highest BCUT2D eigenvalue weighted by Gasteiger charge is 2.35. The third-order valence-electron chi connectivity index (χ3n) is 0.671. The van der Waals surface area contributed by atoms with Crippen LogP contribution in [0.1, 0.15) is 6.92 Å². The number of phosphoric ester groups is 1. The molecular weight excluding hydrogens is 215 g/mol. The van der Waals surface area contributed by atoms with E-state index in [0.29, 0.717) is 0 Å². The van der Waals surface area contributed by atoms with Gasteiger partial charge in [0.2, 0.25) is 0 Å². The van der Waals surface area contributed by atoms with Gasteiger partial charge in [0.05, 0.1) is 0 Å². The normalized spacial score (nSPS) is 10.1. The maximum Gasteiger partial charge on any atom is 0.653 e. The summed E-state index contributed by atoms with van der Waals surface area (Å²) in [5, 5.41) is 0. The molecule has 2 amide bonds. The van der Waals surface area contributed by atoms with Gasteiger partial charge in [-0.05, 0) is 6.92 Å². The van der Waals surface area contributed by atoms with Crippen LogP contribution in [0.4, 0.5) is 9.59 Å². The van der Waals surface area contributed by atoms with Crippen molar-refractivity contribution < 1.29 is 27.7 Å². The summed E-state index contributed by atoms with van der Waals surface area (Å²) in [5.41, 5.74) is 9.11. The van der Waals surface area contributed by atoms with Gasteiger partial charge in [-0.1, -0.05) is 6.58 Å². The van der Waals surface area contributed by atoms with Crippen LogP contribution < -0.4 is 11.5 Å². The lowest BCUT2D eigenvalue weighted by molar-refractivity contribution is 0.157. The minimum Gasteiger partial charge on any atom is -0.391 e. The predicted octanol–water partition coefficient (Wildman–Crippen LogP) is 0.835. The van der Waals surface area contributed by atoms with E-state index in [2.05, 4.69) is 31.6 Å². The molecule has 0 unspecified atom stereocenters. The molecule has 0 bridgehead atoms. The Morgan fingerprint density at radius 3 is 1.71 bits per heavy atom. The van der Waals surface area contributed by atoms with Crippen LogP contribution in [0, 0.1) is 0 Å². The van der Waals surface area contributed by atoms with Gasteiger partial charge in [0.15, 0.2) is 0 Å². The number of carbonyl (C=O) groups excluding carboxylic acids is 2. The van der Waals surface area contributed by atoms with Gasteiger partial charge in [-0.2, -0.15) is 4.57 Å². The van der Waals surface area contributed by atoms with E-state index in [1.807, 2.05) is 0 Å². The molecule has 4 N–H and O–H groups in total. The summed E-state index contributed by atoms with van der Waals surface area (Å²) in [6.07, 6.45) is -2.87. The van der Waals surface area contributed by atoms with E-state index in [-0.39, 0.29) is 5.76 Å². The van der Waals surface area contributed by atoms with E-state index < -0.39 is 20.0 Å². The number of nitrogens with two attached hydrogens (primary N) is 2. The van der Waals surface area contributed by atoms with Gasteiger partial charge in [0.25, 0.3) is 0 Å². The number of phosphoric acid groups is 1. The Balaban J connectivity index is 4.66. The molecule has 0 rings (SSSR count). The van der Waals surface area contributed by atoms with E-state index in [1.165, 1.54) is 6.92 Å². The third-order valence-corrected chi connectivity index (χ3v) is 2.01. The first-order chi connectivity index (χ1) is 6.25. The first-order valence-corrected chi connectivity index (χ1v) is 4.64. The molecule has 0 fully saturated rings. The molecule has 0 aliphatic carbocycles. The Morgan fingerprint density at radius 2 is 1.50 bits per heavy atom.